The fourth-order valence-electron chi connectivity index (χ4n) is 4.03. The van der Waals surface area contributed by atoms with Gasteiger partial charge in [0.25, 0.3) is 0 Å². The van der Waals surface area contributed by atoms with Crippen LogP contribution in [0.25, 0.3) is 0 Å². The highest BCUT2D eigenvalue weighted by atomic mass is 79.9. The van der Waals surface area contributed by atoms with Gasteiger partial charge < -0.3 is 0 Å². The summed E-state index contributed by atoms with van der Waals surface area (Å²) in [7, 11) is 1.77. The van der Waals surface area contributed by atoms with Crippen LogP contribution in [0.4, 0.5) is 0 Å². The number of allylic oxidation sites excluding steroid dienone is 3. The Hall–Kier alpha value is -2.51. The molecule has 0 saturated carbocycles. The third kappa shape index (κ3) is 11.2. The molecule has 0 aromatic heterocycles. The molecule has 200 valence electrons. The lowest BCUT2D eigenvalue weighted by molar-refractivity contribution is -0.119. The highest BCUT2D eigenvalue weighted by Gasteiger charge is 2.25. The third-order valence-electron chi connectivity index (χ3n) is 6.12. The highest BCUT2D eigenvalue weighted by molar-refractivity contribution is 9.10. The molecular formula is C30H42BrN5O. The number of carbonyl (C=O) groups is 1. The van der Waals surface area contributed by atoms with Crippen LogP contribution in [0.1, 0.15) is 49.4 Å². The number of halogens is 1. The minimum absolute atomic E-state index is 0.179. The number of rotatable bonds is 14. The summed E-state index contributed by atoms with van der Waals surface area (Å²) >= 11 is 3.54. The lowest BCUT2D eigenvalue weighted by atomic mass is 9.91. The van der Waals surface area contributed by atoms with Crippen molar-refractivity contribution in [2.45, 2.75) is 58.3 Å². The second-order valence-corrected chi connectivity index (χ2v) is 11.8. The summed E-state index contributed by atoms with van der Waals surface area (Å²) < 4.78 is -0.549. The van der Waals surface area contributed by atoms with Crippen molar-refractivity contribution in [2.75, 3.05) is 39.8 Å². The van der Waals surface area contributed by atoms with Crippen LogP contribution >= 0.6 is 15.9 Å². The van der Waals surface area contributed by atoms with Gasteiger partial charge in [0.2, 0.25) is 0 Å². The number of carbonyl (C=O) groups excluding carboxylic acids is 1. The molecule has 1 heterocycles. The largest absolute Gasteiger partial charge is 0.298 e. The molecule has 1 aromatic rings. The summed E-state index contributed by atoms with van der Waals surface area (Å²) in [6.45, 7) is 14.5. The van der Waals surface area contributed by atoms with Crippen molar-refractivity contribution in [1.82, 2.24) is 4.90 Å². The number of ketones is 1. The van der Waals surface area contributed by atoms with Gasteiger partial charge in [-0.2, -0.15) is 0 Å². The zero-order valence-electron chi connectivity index (χ0n) is 23.3. The molecule has 0 fully saturated rings. The molecule has 0 aliphatic carbocycles. The van der Waals surface area contributed by atoms with Crippen molar-refractivity contribution >= 4 is 45.6 Å². The predicted octanol–water partition coefficient (Wildman–Crippen LogP) is 5.58. The van der Waals surface area contributed by atoms with E-state index in [9.17, 15) is 4.79 Å². The van der Waals surface area contributed by atoms with Gasteiger partial charge in [0.1, 0.15) is 0 Å². The molecule has 0 radical (unpaired) electrons. The van der Waals surface area contributed by atoms with E-state index in [1.54, 1.807) is 7.05 Å². The Morgan fingerprint density at radius 2 is 1.92 bits per heavy atom. The maximum Gasteiger partial charge on any atom is 0.153 e. The molecule has 0 saturated heterocycles. The molecule has 0 atom stereocenters. The summed E-state index contributed by atoms with van der Waals surface area (Å²) in [5, 5.41) is 0. The number of dihydropyridines is 1. The maximum atomic E-state index is 12.9. The van der Waals surface area contributed by atoms with E-state index in [1.807, 2.05) is 51.4 Å². The first-order valence-electron chi connectivity index (χ1n) is 13.0. The number of hydrogen-bond donors (Lipinski definition) is 0. The SMILES string of the molecule is C/C=C\C(C=NCCN(CCN=CC1=NCCC=C1)Cc1cc(C)cc(C)c1CC(=O)C(C)(C)Br)=NC. The minimum Gasteiger partial charge on any atom is -0.298 e. The fraction of sp³-hybridized carbons (Fsp3) is 0.500. The second kappa shape index (κ2) is 15.7. The summed E-state index contributed by atoms with van der Waals surface area (Å²) in [4.78, 5) is 33.2. The van der Waals surface area contributed by atoms with Crippen LogP contribution in [-0.4, -0.2) is 78.6 Å². The zero-order valence-corrected chi connectivity index (χ0v) is 24.9. The van der Waals surface area contributed by atoms with E-state index < -0.39 is 4.32 Å². The van der Waals surface area contributed by atoms with E-state index in [-0.39, 0.29) is 5.78 Å². The summed E-state index contributed by atoms with van der Waals surface area (Å²) in [5.41, 5.74) is 6.47. The number of hydrogen-bond acceptors (Lipinski definition) is 6. The second-order valence-electron chi connectivity index (χ2n) is 9.78. The molecule has 6 nitrogen and oxygen atoms in total. The van der Waals surface area contributed by atoms with Crippen molar-refractivity contribution < 1.29 is 4.79 Å². The molecule has 2 rings (SSSR count). The Balaban J connectivity index is 2.20. The molecule has 37 heavy (non-hydrogen) atoms. The molecular weight excluding hydrogens is 526 g/mol. The number of Topliss-reactive ketones (excluding diaryl/α,β-unsaturated/α-hetero) is 1. The van der Waals surface area contributed by atoms with Gasteiger partial charge in [0.15, 0.2) is 5.78 Å². The molecule has 0 N–H and O–H groups in total. The summed E-state index contributed by atoms with van der Waals surface area (Å²) in [5.74, 6) is 0.179. The number of aryl methyl sites for hydroxylation is 2. The average molecular weight is 569 g/mol. The van der Waals surface area contributed by atoms with Crippen LogP contribution in [0.3, 0.4) is 0 Å². The molecule has 0 spiro atoms. The van der Waals surface area contributed by atoms with E-state index in [2.05, 4.69) is 72.9 Å². The Morgan fingerprint density at radius 3 is 2.54 bits per heavy atom. The van der Waals surface area contributed by atoms with Crippen molar-refractivity contribution in [3.63, 3.8) is 0 Å². The molecule has 0 amide bonds. The van der Waals surface area contributed by atoms with Gasteiger partial charge in [-0.25, -0.2) is 0 Å². The zero-order chi connectivity index (χ0) is 27.3. The molecule has 1 aliphatic heterocycles. The van der Waals surface area contributed by atoms with Gasteiger partial charge in [0.05, 0.1) is 28.8 Å². The van der Waals surface area contributed by atoms with Gasteiger partial charge in [-0.15, -0.1) is 0 Å². The quantitative estimate of drug-likeness (QED) is 0.217. The van der Waals surface area contributed by atoms with Gasteiger partial charge in [-0.1, -0.05) is 45.8 Å². The van der Waals surface area contributed by atoms with Crippen LogP contribution in [0, 0.1) is 13.8 Å². The lowest BCUT2D eigenvalue weighted by Crippen LogP contribution is -2.31. The average Bonchev–Trinajstić information content (AvgIpc) is 2.85. The molecule has 1 aromatic carbocycles. The van der Waals surface area contributed by atoms with Gasteiger partial charge >= 0.3 is 0 Å². The van der Waals surface area contributed by atoms with Crippen LogP contribution in [0.2, 0.25) is 0 Å². The Bertz CT molecular complexity index is 1070. The van der Waals surface area contributed by atoms with Crippen molar-refractivity contribution in [2.24, 2.45) is 20.0 Å². The van der Waals surface area contributed by atoms with E-state index >= 15 is 0 Å². The van der Waals surface area contributed by atoms with E-state index in [0.717, 1.165) is 55.2 Å². The smallest absolute Gasteiger partial charge is 0.153 e. The van der Waals surface area contributed by atoms with E-state index in [1.165, 1.54) is 11.1 Å². The molecule has 0 unspecified atom stereocenters. The van der Waals surface area contributed by atoms with Crippen molar-refractivity contribution in [3.05, 3.63) is 58.7 Å². The predicted molar refractivity (Wildman–Crippen MR) is 164 cm³/mol. The van der Waals surface area contributed by atoms with Gasteiger partial charge in [0, 0.05) is 52.1 Å². The fourth-order valence-corrected chi connectivity index (χ4v) is 4.17. The molecule has 0 bridgehead atoms. The molecule has 1 aliphatic rings. The first kappa shape index (κ1) is 30.7. The van der Waals surface area contributed by atoms with Crippen LogP contribution in [-0.2, 0) is 17.8 Å². The highest BCUT2D eigenvalue weighted by Crippen LogP contribution is 2.25. The van der Waals surface area contributed by atoms with Gasteiger partial charge in [-0.05, 0) is 69.9 Å². The lowest BCUT2D eigenvalue weighted by Gasteiger charge is -2.24. The van der Waals surface area contributed by atoms with E-state index in [4.69, 9.17) is 0 Å². The first-order chi connectivity index (χ1) is 17.6. The Morgan fingerprint density at radius 1 is 1.19 bits per heavy atom. The number of nitrogens with zero attached hydrogens (tertiary/aromatic N) is 5. The standard InChI is InChI=1S/C30H42BrN5O/c1-7-10-26(32-6)20-33-13-15-36(16-14-34-21-27-11-8-9-12-35-27)22-25-18-23(2)17-24(3)28(25)19-29(37)30(4,5)31/h7-8,10-11,17-18,20-21H,9,12-16,19,22H2,1-6H3/b10-7-,32-26?,33-20?,34-21?. The molecule has 7 heteroatoms. The minimum atomic E-state index is -0.549. The summed E-state index contributed by atoms with van der Waals surface area (Å²) in [6, 6.07) is 4.38. The number of benzene rings is 1. The monoisotopic (exact) mass is 567 g/mol. The van der Waals surface area contributed by atoms with Gasteiger partial charge in [-0.3, -0.25) is 29.7 Å². The topological polar surface area (TPSA) is 69.8 Å². The first-order valence-corrected chi connectivity index (χ1v) is 13.8. The number of aliphatic imine (C=N–C) groups is 4. The van der Waals surface area contributed by atoms with Crippen LogP contribution in [0.5, 0.6) is 0 Å². The number of alkyl halides is 1. The Kier molecular flexibility index (Phi) is 13.0. The van der Waals surface area contributed by atoms with Crippen molar-refractivity contribution in [3.8, 4) is 0 Å². The van der Waals surface area contributed by atoms with Crippen molar-refractivity contribution in [1.29, 1.82) is 0 Å². The Labute approximate surface area is 231 Å². The normalized spacial score (nSPS) is 15.0. The maximum absolute atomic E-state index is 12.9. The van der Waals surface area contributed by atoms with E-state index in [0.29, 0.717) is 19.5 Å². The third-order valence-corrected chi connectivity index (χ3v) is 6.56. The van der Waals surface area contributed by atoms with Crippen LogP contribution < -0.4 is 0 Å². The van der Waals surface area contributed by atoms with Crippen LogP contribution in [0.15, 0.2) is 56.4 Å². The summed E-state index contributed by atoms with van der Waals surface area (Å²) in [6.07, 6.45) is 13.2.